The molecule has 0 saturated heterocycles. The lowest BCUT2D eigenvalue weighted by atomic mass is 10.3. The molecule has 0 atom stereocenters. The highest BCUT2D eigenvalue weighted by Crippen LogP contribution is 2.25. The van der Waals surface area contributed by atoms with Crippen LogP contribution in [0.15, 0.2) is 59.1 Å². The zero-order valence-electron chi connectivity index (χ0n) is 11.7. The molecule has 106 valence electrons. The summed E-state index contributed by atoms with van der Waals surface area (Å²) in [7, 11) is 0. The van der Waals surface area contributed by atoms with E-state index in [0.29, 0.717) is 6.04 Å². The quantitative estimate of drug-likeness (QED) is 0.778. The molecule has 1 N–H and O–H groups in total. The summed E-state index contributed by atoms with van der Waals surface area (Å²) in [6.07, 6.45) is 4.37. The van der Waals surface area contributed by atoms with Gasteiger partial charge in [0.15, 0.2) is 5.76 Å². The van der Waals surface area contributed by atoms with Gasteiger partial charge in [-0.1, -0.05) is 18.2 Å². The van der Waals surface area contributed by atoms with Crippen LogP contribution in [-0.4, -0.2) is 15.8 Å². The molecule has 3 aromatic rings. The van der Waals surface area contributed by atoms with Crippen LogP contribution in [0.1, 0.15) is 18.6 Å². The van der Waals surface area contributed by atoms with Crippen molar-refractivity contribution in [1.82, 2.24) is 15.1 Å². The standard InChI is InChI=1S/C17H17N3O/c1-2-4-14(5-3-1)20-16(10-11-19-20)17-9-8-15(21-17)12-18-13-6-7-13/h1-5,8-11,13,18H,6-7,12H2. The van der Waals surface area contributed by atoms with Gasteiger partial charge in [-0.2, -0.15) is 5.10 Å². The van der Waals surface area contributed by atoms with Gasteiger partial charge in [0.25, 0.3) is 0 Å². The van der Waals surface area contributed by atoms with Crippen molar-refractivity contribution in [2.45, 2.75) is 25.4 Å². The Bertz CT molecular complexity index is 725. The topological polar surface area (TPSA) is 43.0 Å². The number of nitrogens with zero attached hydrogens (tertiary/aromatic N) is 2. The van der Waals surface area contributed by atoms with E-state index in [1.54, 1.807) is 6.20 Å². The fourth-order valence-electron chi connectivity index (χ4n) is 2.41. The van der Waals surface area contributed by atoms with Crippen molar-refractivity contribution in [2.24, 2.45) is 0 Å². The molecule has 1 aliphatic carbocycles. The molecule has 0 aliphatic heterocycles. The predicted octanol–water partition coefficient (Wildman–Crippen LogP) is 3.38. The number of nitrogens with one attached hydrogen (secondary N) is 1. The van der Waals surface area contributed by atoms with Crippen LogP contribution in [0.3, 0.4) is 0 Å². The summed E-state index contributed by atoms with van der Waals surface area (Å²) < 4.78 is 7.84. The molecule has 4 heteroatoms. The first-order valence-corrected chi connectivity index (χ1v) is 7.32. The van der Waals surface area contributed by atoms with Gasteiger partial charge in [-0.05, 0) is 43.2 Å². The summed E-state index contributed by atoms with van der Waals surface area (Å²) >= 11 is 0. The normalized spacial score (nSPS) is 14.5. The number of hydrogen-bond acceptors (Lipinski definition) is 3. The van der Waals surface area contributed by atoms with Gasteiger partial charge >= 0.3 is 0 Å². The third-order valence-electron chi connectivity index (χ3n) is 3.70. The molecule has 0 amide bonds. The van der Waals surface area contributed by atoms with Gasteiger partial charge in [0.2, 0.25) is 0 Å². The molecule has 4 nitrogen and oxygen atoms in total. The van der Waals surface area contributed by atoms with Gasteiger partial charge in [-0.25, -0.2) is 4.68 Å². The van der Waals surface area contributed by atoms with Gasteiger partial charge in [0.1, 0.15) is 11.5 Å². The number of benzene rings is 1. The summed E-state index contributed by atoms with van der Waals surface area (Å²) in [6.45, 7) is 0.796. The minimum Gasteiger partial charge on any atom is -0.458 e. The Hall–Kier alpha value is -2.33. The van der Waals surface area contributed by atoms with E-state index < -0.39 is 0 Å². The molecule has 1 fully saturated rings. The highest BCUT2D eigenvalue weighted by atomic mass is 16.3. The fourth-order valence-corrected chi connectivity index (χ4v) is 2.41. The Morgan fingerprint density at radius 3 is 2.76 bits per heavy atom. The summed E-state index contributed by atoms with van der Waals surface area (Å²) in [6, 6.07) is 16.8. The largest absolute Gasteiger partial charge is 0.458 e. The molecule has 0 unspecified atom stereocenters. The summed E-state index contributed by atoms with van der Waals surface area (Å²) in [5, 5.41) is 7.86. The Labute approximate surface area is 123 Å². The number of hydrogen-bond donors (Lipinski definition) is 1. The monoisotopic (exact) mass is 279 g/mol. The minimum atomic E-state index is 0.688. The van der Waals surface area contributed by atoms with Crippen molar-refractivity contribution < 1.29 is 4.42 Å². The second kappa shape index (κ2) is 5.22. The molecule has 0 radical (unpaired) electrons. The lowest BCUT2D eigenvalue weighted by Crippen LogP contribution is -2.14. The van der Waals surface area contributed by atoms with Crippen molar-refractivity contribution >= 4 is 0 Å². The van der Waals surface area contributed by atoms with E-state index in [-0.39, 0.29) is 0 Å². The molecule has 21 heavy (non-hydrogen) atoms. The fraction of sp³-hybridized carbons (Fsp3) is 0.235. The zero-order valence-corrected chi connectivity index (χ0v) is 11.7. The first-order valence-electron chi connectivity index (χ1n) is 7.32. The number of rotatable bonds is 5. The maximum atomic E-state index is 5.95. The van der Waals surface area contributed by atoms with Crippen LogP contribution in [0, 0.1) is 0 Å². The Kier molecular flexibility index (Phi) is 3.09. The van der Waals surface area contributed by atoms with Gasteiger partial charge in [0, 0.05) is 6.04 Å². The molecule has 4 rings (SSSR count). The molecule has 2 aromatic heterocycles. The van der Waals surface area contributed by atoms with E-state index in [0.717, 1.165) is 29.4 Å². The van der Waals surface area contributed by atoms with Crippen molar-refractivity contribution in [3.63, 3.8) is 0 Å². The van der Waals surface area contributed by atoms with E-state index in [4.69, 9.17) is 4.42 Å². The molecule has 2 heterocycles. The Balaban J connectivity index is 1.60. The molecular formula is C17H17N3O. The molecule has 1 aliphatic rings. The van der Waals surface area contributed by atoms with Crippen molar-refractivity contribution in [3.8, 4) is 17.1 Å². The van der Waals surface area contributed by atoms with Crippen LogP contribution in [0.4, 0.5) is 0 Å². The number of furan rings is 1. The van der Waals surface area contributed by atoms with Gasteiger partial charge in [0.05, 0.1) is 18.4 Å². The molecule has 0 bridgehead atoms. The highest BCUT2D eigenvalue weighted by molar-refractivity contribution is 5.56. The Morgan fingerprint density at radius 2 is 1.95 bits per heavy atom. The van der Waals surface area contributed by atoms with Crippen molar-refractivity contribution in [3.05, 3.63) is 60.5 Å². The van der Waals surface area contributed by atoms with Crippen LogP contribution in [-0.2, 0) is 6.54 Å². The second-order valence-corrected chi connectivity index (χ2v) is 5.38. The minimum absolute atomic E-state index is 0.688. The van der Waals surface area contributed by atoms with E-state index in [1.807, 2.05) is 53.2 Å². The number of aromatic nitrogens is 2. The van der Waals surface area contributed by atoms with E-state index in [2.05, 4.69) is 10.4 Å². The van der Waals surface area contributed by atoms with Crippen molar-refractivity contribution in [2.75, 3.05) is 0 Å². The van der Waals surface area contributed by atoms with Gasteiger partial charge in [-0.3, -0.25) is 0 Å². The second-order valence-electron chi connectivity index (χ2n) is 5.38. The summed E-state index contributed by atoms with van der Waals surface area (Å²) in [5.74, 6) is 1.82. The number of para-hydroxylation sites is 1. The van der Waals surface area contributed by atoms with Crippen LogP contribution in [0.5, 0.6) is 0 Å². The van der Waals surface area contributed by atoms with Crippen molar-refractivity contribution in [1.29, 1.82) is 0 Å². The molecular weight excluding hydrogens is 262 g/mol. The van der Waals surface area contributed by atoms with Gasteiger partial charge < -0.3 is 9.73 Å². The first kappa shape index (κ1) is 12.4. The predicted molar refractivity (Wildman–Crippen MR) is 81.1 cm³/mol. The molecule has 1 saturated carbocycles. The third kappa shape index (κ3) is 2.62. The van der Waals surface area contributed by atoms with E-state index >= 15 is 0 Å². The van der Waals surface area contributed by atoms with Crippen LogP contribution in [0.2, 0.25) is 0 Å². The van der Waals surface area contributed by atoms with Crippen LogP contribution < -0.4 is 5.32 Å². The van der Waals surface area contributed by atoms with E-state index in [1.165, 1.54) is 12.8 Å². The van der Waals surface area contributed by atoms with E-state index in [9.17, 15) is 0 Å². The van der Waals surface area contributed by atoms with Gasteiger partial charge in [-0.15, -0.1) is 0 Å². The zero-order chi connectivity index (χ0) is 14.1. The highest BCUT2D eigenvalue weighted by Gasteiger charge is 2.20. The lowest BCUT2D eigenvalue weighted by Gasteiger charge is -2.05. The maximum absolute atomic E-state index is 5.95. The SMILES string of the molecule is c1ccc(-n2nccc2-c2ccc(CNC3CC3)o2)cc1. The third-order valence-corrected chi connectivity index (χ3v) is 3.70. The lowest BCUT2D eigenvalue weighted by molar-refractivity contribution is 0.490. The average Bonchev–Trinajstić information content (AvgIpc) is 3.03. The van der Waals surface area contributed by atoms with Crippen LogP contribution >= 0.6 is 0 Å². The molecule has 1 aromatic carbocycles. The average molecular weight is 279 g/mol. The Morgan fingerprint density at radius 1 is 1.10 bits per heavy atom. The van der Waals surface area contributed by atoms with Crippen LogP contribution in [0.25, 0.3) is 17.1 Å². The summed E-state index contributed by atoms with van der Waals surface area (Å²) in [5.41, 5.74) is 2.01. The smallest absolute Gasteiger partial charge is 0.152 e. The maximum Gasteiger partial charge on any atom is 0.152 e. The first-order chi connectivity index (χ1) is 10.4. The molecule has 0 spiro atoms. The summed E-state index contributed by atoms with van der Waals surface area (Å²) in [4.78, 5) is 0.